The first-order valence-corrected chi connectivity index (χ1v) is 5.12. The molecule has 4 heteroatoms. The summed E-state index contributed by atoms with van der Waals surface area (Å²) in [6.07, 6.45) is 0. The third kappa shape index (κ3) is 5.19. The molecular weight excluding hydrogens is 180 g/mol. The van der Waals surface area contributed by atoms with E-state index in [1.165, 1.54) is 0 Å². The molecule has 0 saturated carbocycles. The smallest absolute Gasteiger partial charge is 0.237 e. The van der Waals surface area contributed by atoms with Crippen LogP contribution < -0.4 is 11.1 Å². The number of hydrogen-bond donors (Lipinski definition) is 2. The Balaban J connectivity index is 3.81. The lowest BCUT2D eigenvalue weighted by atomic mass is 10.0. The van der Waals surface area contributed by atoms with Gasteiger partial charge in [0.25, 0.3) is 0 Å². The molecule has 4 nitrogen and oxygen atoms in total. The zero-order valence-electron chi connectivity index (χ0n) is 9.54. The van der Waals surface area contributed by atoms with Crippen LogP contribution >= 0.6 is 0 Å². The van der Waals surface area contributed by atoms with E-state index in [2.05, 4.69) is 5.32 Å². The lowest BCUT2D eigenvalue weighted by Gasteiger charge is -2.19. The summed E-state index contributed by atoms with van der Waals surface area (Å²) in [5, 5.41) is 2.81. The summed E-state index contributed by atoms with van der Waals surface area (Å²) in [6.45, 7) is 8.88. The fourth-order valence-electron chi connectivity index (χ4n) is 0.978. The lowest BCUT2D eigenvalue weighted by molar-refractivity contribution is -0.124. The third-order valence-electron chi connectivity index (χ3n) is 1.98. The standard InChI is InChI=1S/C10H22N2O2/c1-5-14-6-8(4)12-10(13)9(11)7(2)3/h7-9H,5-6,11H2,1-4H3,(H,12,13). The van der Waals surface area contributed by atoms with E-state index in [0.717, 1.165) is 0 Å². The van der Waals surface area contributed by atoms with Crippen LogP contribution in [-0.2, 0) is 9.53 Å². The maximum atomic E-state index is 11.5. The topological polar surface area (TPSA) is 64.3 Å². The molecule has 1 amide bonds. The van der Waals surface area contributed by atoms with Gasteiger partial charge in [-0.05, 0) is 19.8 Å². The summed E-state index contributed by atoms with van der Waals surface area (Å²) in [5.74, 6) is 0.0569. The van der Waals surface area contributed by atoms with Gasteiger partial charge in [0.15, 0.2) is 0 Å². The van der Waals surface area contributed by atoms with Crippen molar-refractivity contribution in [3.63, 3.8) is 0 Å². The van der Waals surface area contributed by atoms with E-state index in [1.54, 1.807) is 0 Å². The fraction of sp³-hybridized carbons (Fsp3) is 0.900. The predicted octanol–water partition coefficient (Wildman–Crippen LogP) is 0.511. The van der Waals surface area contributed by atoms with Gasteiger partial charge in [0.1, 0.15) is 0 Å². The molecule has 0 aromatic heterocycles. The van der Waals surface area contributed by atoms with Crippen molar-refractivity contribution in [1.29, 1.82) is 0 Å². The maximum Gasteiger partial charge on any atom is 0.237 e. The highest BCUT2D eigenvalue weighted by Crippen LogP contribution is 1.98. The van der Waals surface area contributed by atoms with E-state index in [9.17, 15) is 4.79 Å². The third-order valence-corrected chi connectivity index (χ3v) is 1.98. The Hall–Kier alpha value is -0.610. The monoisotopic (exact) mass is 202 g/mol. The molecule has 2 unspecified atom stereocenters. The first-order valence-electron chi connectivity index (χ1n) is 5.12. The van der Waals surface area contributed by atoms with Gasteiger partial charge in [-0.15, -0.1) is 0 Å². The van der Waals surface area contributed by atoms with Crippen molar-refractivity contribution in [3.8, 4) is 0 Å². The average molecular weight is 202 g/mol. The molecule has 0 spiro atoms. The van der Waals surface area contributed by atoms with E-state index in [-0.39, 0.29) is 17.9 Å². The quantitative estimate of drug-likeness (QED) is 0.659. The number of carbonyl (C=O) groups excluding carboxylic acids is 1. The molecule has 0 aliphatic heterocycles. The SMILES string of the molecule is CCOCC(C)NC(=O)C(N)C(C)C. The number of ether oxygens (including phenoxy) is 1. The predicted molar refractivity (Wildman–Crippen MR) is 56.9 cm³/mol. The van der Waals surface area contributed by atoms with Crippen LogP contribution in [-0.4, -0.2) is 31.2 Å². The van der Waals surface area contributed by atoms with Crippen LogP contribution in [0.2, 0.25) is 0 Å². The van der Waals surface area contributed by atoms with Crippen LogP contribution in [0.15, 0.2) is 0 Å². The first kappa shape index (κ1) is 13.4. The minimum absolute atomic E-state index is 0.0206. The van der Waals surface area contributed by atoms with E-state index in [4.69, 9.17) is 10.5 Å². The molecule has 2 atom stereocenters. The van der Waals surface area contributed by atoms with Gasteiger partial charge >= 0.3 is 0 Å². The van der Waals surface area contributed by atoms with Gasteiger partial charge < -0.3 is 15.8 Å². The van der Waals surface area contributed by atoms with Gasteiger partial charge in [0, 0.05) is 12.6 Å². The van der Waals surface area contributed by atoms with Gasteiger partial charge in [0.05, 0.1) is 12.6 Å². The summed E-state index contributed by atoms with van der Waals surface area (Å²) >= 11 is 0. The second-order valence-corrected chi connectivity index (χ2v) is 3.84. The molecule has 3 N–H and O–H groups in total. The van der Waals surface area contributed by atoms with Gasteiger partial charge in [-0.3, -0.25) is 4.79 Å². The summed E-state index contributed by atoms with van der Waals surface area (Å²) < 4.78 is 5.18. The molecule has 0 aliphatic rings. The van der Waals surface area contributed by atoms with Gasteiger partial charge in [-0.2, -0.15) is 0 Å². The zero-order valence-corrected chi connectivity index (χ0v) is 9.54. The molecule has 0 aliphatic carbocycles. The molecule has 0 fully saturated rings. The summed E-state index contributed by atoms with van der Waals surface area (Å²) in [5.41, 5.74) is 5.68. The van der Waals surface area contributed by atoms with E-state index >= 15 is 0 Å². The lowest BCUT2D eigenvalue weighted by Crippen LogP contribution is -2.48. The second kappa shape index (κ2) is 6.79. The molecule has 0 rings (SSSR count). The normalized spacial score (nSPS) is 15.3. The van der Waals surface area contributed by atoms with E-state index in [0.29, 0.717) is 13.2 Å². The number of amides is 1. The number of carbonyl (C=O) groups is 1. The minimum atomic E-state index is -0.431. The highest BCUT2D eigenvalue weighted by atomic mass is 16.5. The van der Waals surface area contributed by atoms with Crippen molar-refractivity contribution in [2.75, 3.05) is 13.2 Å². The second-order valence-electron chi connectivity index (χ2n) is 3.84. The van der Waals surface area contributed by atoms with Crippen LogP contribution in [0.5, 0.6) is 0 Å². The average Bonchev–Trinajstić information content (AvgIpc) is 2.13. The molecule has 84 valence electrons. The highest BCUT2D eigenvalue weighted by Gasteiger charge is 2.18. The molecule has 0 aromatic rings. The summed E-state index contributed by atoms with van der Waals surface area (Å²) in [7, 11) is 0. The molecule has 0 radical (unpaired) electrons. The number of rotatable bonds is 6. The number of nitrogens with one attached hydrogen (secondary N) is 1. The van der Waals surface area contributed by atoms with Crippen molar-refractivity contribution in [2.24, 2.45) is 11.7 Å². The summed E-state index contributed by atoms with van der Waals surface area (Å²) in [4.78, 5) is 11.5. The first-order chi connectivity index (χ1) is 6.49. The van der Waals surface area contributed by atoms with Crippen LogP contribution in [0.25, 0.3) is 0 Å². The van der Waals surface area contributed by atoms with Crippen molar-refractivity contribution >= 4 is 5.91 Å². The molecule has 0 aromatic carbocycles. The van der Waals surface area contributed by atoms with E-state index in [1.807, 2.05) is 27.7 Å². The maximum absolute atomic E-state index is 11.5. The van der Waals surface area contributed by atoms with Crippen molar-refractivity contribution < 1.29 is 9.53 Å². The number of nitrogens with two attached hydrogens (primary N) is 1. The van der Waals surface area contributed by atoms with Crippen LogP contribution in [0.4, 0.5) is 0 Å². The van der Waals surface area contributed by atoms with Crippen molar-refractivity contribution in [2.45, 2.75) is 39.8 Å². The highest BCUT2D eigenvalue weighted by molar-refractivity contribution is 5.81. The van der Waals surface area contributed by atoms with Gasteiger partial charge in [0.2, 0.25) is 5.91 Å². The zero-order chi connectivity index (χ0) is 11.1. The Morgan fingerprint density at radius 2 is 2.00 bits per heavy atom. The van der Waals surface area contributed by atoms with Crippen LogP contribution in [0.1, 0.15) is 27.7 Å². The van der Waals surface area contributed by atoms with Crippen LogP contribution in [0.3, 0.4) is 0 Å². The Bertz CT molecular complexity index is 172. The Morgan fingerprint density at radius 1 is 1.43 bits per heavy atom. The van der Waals surface area contributed by atoms with Gasteiger partial charge in [-0.25, -0.2) is 0 Å². The largest absolute Gasteiger partial charge is 0.380 e. The molecule has 0 bridgehead atoms. The van der Waals surface area contributed by atoms with E-state index < -0.39 is 6.04 Å². The van der Waals surface area contributed by atoms with Crippen molar-refractivity contribution in [1.82, 2.24) is 5.32 Å². The molecular formula is C10H22N2O2. The number of hydrogen-bond acceptors (Lipinski definition) is 3. The van der Waals surface area contributed by atoms with Crippen molar-refractivity contribution in [3.05, 3.63) is 0 Å². The molecule has 0 heterocycles. The molecule has 14 heavy (non-hydrogen) atoms. The minimum Gasteiger partial charge on any atom is -0.380 e. The summed E-state index contributed by atoms with van der Waals surface area (Å²) in [6, 6.07) is -0.411. The Kier molecular flexibility index (Phi) is 6.49. The molecule has 0 saturated heterocycles. The van der Waals surface area contributed by atoms with Crippen LogP contribution in [0, 0.1) is 5.92 Å². The Labute approximate surface area is 86.2 Å². The van der Waals surface area contributed by atoms with Gasteiger partial charge in [-0.1, -0.05) is 13.8 Å². The fourth-order valence-corrected chi connectivity index (χ4v) is 0.978. The Morgan fingerprint density at radius 3 is 2.43 bits per heavy atom.